The average Bonchev–Trinajstić information content (AvgIpc) is 2.39. The lowest BCUT2D eigenvalue weighted by Crippen LogP contribution is -2.45. The lowest BCUT2D eigenvalue weighted by atomic mass is 9.82. The van der Waals surface area contributed by atoms with E-state index < -0.39 is 17.8 Å². The third-order valence-electron chi connectivity index (χ3n) is 3.28. The van der Waals surface area contributed by atoms with Crippen LogP contribution in [-0.2, 0) is 14.3 Å². The topological polar surface area (TPSA) is 95.9 Å². The van der Waals surface area contributed by atoms with Crippen LogP contribution in [0.5, 0.6) is 0 Å². The molecule has 0 radical (unpaired) electrons. The first-order chi connectivity index (χ1) is 9.10. The Balaban J connectivity index is 2.63. The minimum atomic E-state index is -0.949. The minimum Gasteiger partial charge on any atom is -0.481 e. The van der Waals surface area contributed by atoms with Crippen LogP contribution >= 0.6 is 0 Å². The van der Waals surface area contributed by atoms with Crippen molar-refractivity contribution in [1.29, 1.82) is 0 Å². The van der Waals surface area contributed by atoms with Crippen LogP contribution in [0.1, 0.15) is 19.3 Å². The fourth-order valence-electron chi connectivity index (χ4n) is 2.24. The van der Waals surface area contributed by atoms with Crippen molar-refractivity contribution in [3.05, 3.63) is 12.2 Å². The highest BCUT2D eigenvalue weighted by Crippen LogP contribution is 2.26. The van der Waals surface area contributed by atoms with Gasteiger partial charge >= 0.3 is 5.97 Å². The third kappa shape index (κ3) is 4.65. The summed E-state index contributed by atoms with van der Waals surface area (Å²) in [6, 6.07) is -0.289. The van der Waals surface area contributed by atoms with Crippen LogP contribution in [0.15, 0.2) is 12.2 Å². The van der Waals surface area contributed by atoms with E-state index in [1.807, 2.05) is 6.08 Å². The van der Waals surface area contributed by atoms with Gasteiger partial charge in [0.15, 0.2) is 0 Å². The minimum absolute atomic E-state index is 0.0543. The maximum atomic E-state index is 12.1. The number of hydrogen-bond acceptors (Lipinski definition) is 4. The molecule has 108 valence electrons. The number of aliphatic hydroxyl groups excluding tert-OH is 1. The van der Waals surface area contributed by atoms with Crippen molar-refractivity contribution >= 4 is 11.9 Å². The molecule has 0 heterocycles. The molecule has 1 aliphatic carbocycles. The Morgan fingerprint density at radius 3 is 2.53 bits per heavy atom. The van der Waals surface area contributed by atoms with Gasteiger partial charge in [0.05, 0.1) is 24.5 Å². The second kappa shape index (κ2) is 7.91. The monoisotopic (exact) mass is 271 g/mol. The van der Waals surface area contributed by atoms with E-state index in [-0.39, 0.29) is 18.6 Å². The summed E-state index contributed by atoms with van der Waals surface area (Å²) < 4.78 is 4.96. The molecule has 3 atom stereocenters. The van der Waals surface area contributed by atoms with Crippen LogP contribution in [0.2, 0.25) is 0 Å². The number of aliphatic hydroxyl groups is 1. The Kier molecular flexibility index (Phi) is 6.52. The predicted molar refractivity (Wildman–Crippen MR) is 68.5 cm³/mol. The van der Waals surface area contributed by atoms with Crippen LogP contribution in [0, 0.1) is 11.8 Å². The zero-order valence-electron chi connectivity index (χ0n) is 11.0. The Morgan fingerprint density at radius 2 is 2.00 bits per heavy atom. The fraction of sp³-hybridized carbons (Fsp3) is 0.692. The molecule has 1 unspecified atom stereocenters. The van der Waals surface area contributed by atoms with E-state index >= 15 is 0 Å². The molecule has 0 fully saturated rings. The third-order valence-corrected chi connectivity index (χ3v) is 3.28. The molecule has 1 rings (SSSR count). The van der Waals surface area contributed by atoms with Gasteiger partial charge in [-0.05, 0) is 19.3 Å². The van der Waals surface area contributed by atoms with Gasteiger partial charge in [-0.2, -0.15) is 0 Å². The van der Waals surface area contributed by atoms with Crippen LogP contribution in [0.4, 0.5) is 0 Å². The molecular formula is C13H21NO5. The molecule has 0 aliphatic heterocycles. The van der Waals surface area contributed by atoms with Crippen LogP contribution in [-0.4, -0.2) is 48.5 Å². The molecular weight excluding hydrogens is 250 g/mol. The number of carboxylic acids is 1. The molecule has 0 saturated carbocycles. The van der Waals surface area contributed by atoms with Gasteiger partial charge in [-0.3, -0.25) is 9.59 Å². The Hall–Kier alpha value is -1.40. The summed E-state index contributed by atoms with van der Waals surface area (Å²) in [6.07, 6.45) is 4.83. The zero-order chi connectivity index (χ0) is 14.3. The van der Waals surface area contributed by atoms with Gasteiger partial charge in [0.25, 0.3) is 0 Å². The maximum Gasteiger partial charge on any atom is 0.307 e. The van der Waals surface area contributed by atoms with Crippen molar-refractivity contribution in [3.63, 3.8) is 0 Å². The SMILES string of the molecule is COCC(CCO)NC(=O)[C@@H]1CC=CC[C@@H]1C(=O)O. The van der Waals surface area contributed by atoms with Crippen LogP contribution < -0.4 is 5.32 Å². The molecule has 0 bridgehead atoms. The van der Waals surface area contributed by atoms with Gasteiger partial charge in [-0.25, -0.2) is 0 Å². The first kappa shape index (κ1) is 15.7. The largest absolute Gasteiger partial charge is 0.481 e. The average molecular weight is 271 g/mol. The number of carboxylic acid groups (broad SMARTS) is 1. The number of hydrogen-bond donors (Lipinski definition) is 3. The van der Waals surface area contributed by atoms with Crippen LogP contribution in [0.25, 0.3) is 0 Å². The van der Waals surface area contributed by atoms with E-state index in [0.29, 0.717) is 25.9 Å². The quantitative estimate of drug-likeness (QED) is 0.573. The second-order valence-electron chi connectivity index (χ2n) is 4.67. The number of carbonyl (C=O) groups is 2. The molecule has 0 aromatic carbocycles. The van der Waals surface area contributed by atoms with Crippen molar-refractivity contribution in [2.24, 2.45) is 11.8 Å². The number of ether oxygens (including phenoxy) is 1. The molecule has 0 aromatic rings. The van der Waals surface area contributed by atoms with Crippen LogP contribution in [0.3, 0.4) is 0 Å². The number of allylic oxidation sites excluding steroid dienone is 2. The van der Waals surface area contributed by atoms with Gasteiger partial charge in [0, 0.05) is 13.7 Å². The number of rotatable bonds is 7. The molecule has 19 heavy (non-hydrogen) atoms. The van der Waals surface area contributed by atoms with Gasteiger partial charge < -0.3 is 20.3 Å². The van der Waals surface area contributed by atoms with Gasteiger partial charge in [-0.1, -0.05) is 12.2 Å². The highest BCUT2D eigenvalue weighted by atomic mass is 16.5. The number of carbonyl (C=O) groups excluding carboxylic acids is 1. The molecule has 6 heteroatoms. The standard InChI is InChI=1S/C13H21NO5/c1-19-8-9(6-7-15)14-12(16)10-4-2-3-5-11(10)13(17)18/h2-3,9-11,15H,4-8H2,1H3,(H,14,16)(H,17,18)/t9?,10-,11+/m1/s1. The van der Waals surface area contributed by atoms with E-state index in [0.717, 1.165) is 0 Å². The van der Waals surface area contributed by atoms with Crippen molar-refractivity contribution in [2.45, 2.75) is 25.3 Å². The Labute approximate surface area is 112 Å². The molecule has 3 N–H and O–H groups in total. The lowest BCUT2D eigenvalue weighted by molar-refractivity contribution is -0.147. The molecule has 6 nitrogen and oxygen atoms in total. The Bertz CT molecular complexity index is 336. The molecule has 0 aromatic heterocycles. The Morgan fingerprint density at radius 1 is 1.37 bits per heavy atom. The van der Waals surface area contributed by atoms with E-state index in [9.17, 15) is 9.59 Å². The number of nitrogens with one attached hydrogen (secondary N) is 1. The summed E-state index contributed by atoms with van der Waals surface area (Å²) >= 11 is 0. The van der Waals surface area contributed by atoms with E-state index in [1.165, 1.54) is 7.11 Å². The second-order valence-corrected chi connectivity index (χ2v) is 4.67. The summed E-state index contributed by atoms with van der Waals surface area (Å²) in [7, 11) is 1.51. The van der Waals surface area contributed by atoms with E-state index in [4.69, 9.17) is 14.9 Å². The lowest BCUT2D eigenvalue weighted by Gasteiger charge is -2.26. The first-order valence-corrected chi connectivity index (χ1v) is 6.38. The van der Waals surface area contributed by atoms with Gasteiger partial charge in [0.2, 0.25) is 5.91 Å². The van der Waals surface area contributed by atoms with Crippen molar-refractivity contribution < 1.29 is 24.5 Å². The van der Waals surface area contributed by atoms with Gasteiger partial charge in [0.1, 0.15) is 0 Å². The maximum absolute atomic E-state index is 12.1. The van der Waals surface area contributed by atoms with Crippen molar-refractivity contribution in [3.8, 4) is 0 Å². The molecule has 1 aliphatic rings. The molecule has 0 spiro atoms. The number of aliphatic carboxylic acids is 1. The highest BCUT2D eigenvalue weighted by molar-refractivity contribution is 5.85. The number of amides is 1. The summed E-state index contributed by atoms with van der Waals surface area (Å²) in [4.78, 5) is 23.3. The van der Waals surface area contributed by atoms with E-state index in [2.05, 4.69) is 5.32 Å². The predicted octanol–water partition coefficient (Wildman–Crippen LogP) is 0.167. The highest BCUT2D eigenvalue weighted by Gasteiger charge is 2.34. The summed E-state index contributed by atoms with van der Waals surface area (Å²) in [5.74, 6) is -2.47. The normalized spacial score (nSPS) is 23.9. The smallest absolute Gasteiger partial charge is 0.307 e. The molecule has 1 amide bonds. The van der Waals surface area contributed by atoms with Gasteiger partial charge in [-0.15, -0.1) is 0 Å². The van der Waals surface area contributed by atoms with Crippen molar-refractivity contribution in [1.82, 2.24) is 5.32 Å². The fourth-order valence-corrected chi connectivity index (χ4v) is 2.24. The summed E-state index contributed by atoms with van der Waals surface area (Å²) in [5, 5.41) is 20.8. The first-order valence-electron chi connectivity index (χ1n) is 6.38. The van der Waals surface area contributed by atoms with E-state index in [1.54, 1.807) is 6.08 Å². The number of methoxy groups -OCH3 is 1. The summed E-state index contributed by atoms with van der Waals surface area (Å²) in [5.41, 5.74) is 0. The zero-order valence-corrected chi connectivity index (χ0v) is 11.0. The summed E-state index contributed by atoms with van der Waals surface area (Å²) in [6.45, 7) is 0.244. The van der Waals surface area contributed by atoms with Crippen molar-refractivity contribution in [2.75, 3.05) is 20.3 Å². The molecule has 0 saturated heterocycles.